The zero-order valence-corrected chi connectivity index (χ0v) is 15.3. The second-order valence-corrected chi connectivity index (χ2v) is 7.01. The van der Waals surface area contributed by atoms with E-state index in [-0.39, 0.29) is 22.5 Å². The lowest BCUT2D eigenvalue weighted by Crippen LogP contribution is -2.25. The normalized spacial score (nSPS) is 14.4. The van der Waals surface area contributed by atoms with E-state index in [0.29, 0.717) is 6.54 Å². The molecule has 1 aliphatic heterocycles. The van der Waals surface area contributed by atoms with E-state index in [1.807, 2.05) is 12.1 Å². The number of hydrogen-bond acceptors (Lipinski definition) is 5. The smallest absolute Gasteiger partial charge is 0.327 e. The molecule has 0 aliphatic carbocycles. The number of aromatic amines is 2. The van der Waals surface area contributed by atoms with Crippen LogP contribution in [-0.4, -0.2) is 38.8 Å². The van der Waals surface area contributed by atoms with Crippen molar-refractivity contribution in [1.82, 2.24) is 25.2 Å². The molecule has 144 valence electrons. The molecule has 4 rings (SSSR count). The second kappa shape index (κ2) is 7.77. The van der Waals surface area contributed by atoms with Crippen molar-refractivity contribution >= 4 is 16.9 Å². The van der Waals surface area contributed by atoms with Gasteiger partial charge in [-0.1, -0.05) is 24.3 Å². The topological polar surface area (TPSA) is 111 Å². The average molecular weight is 379 g/mol. The molecular formula is C20H21N5O3. The van der Waals surface area contributed by atoms with Crippen LogP contribution >= 0.6 is 0 Å². The zero-order chi connectivity index (χ0) is 19.5. The van der Waals surface area contributed by atoms with Crippen molar-refractivity contribution in [2.75, 3.05) is 13.1 Å². The lowest BCUT2D eigenvalue weighted by atomic mass is 10.1. The number of H-pyrrole nitrogens is 2. The minimum Gasteiger partial charge on any atom is -0.348 e. The summed E-state index contributed by atoms with van der Waals surface area (Å²) in [6, 6.07) is 9.63. The number of likely N-dealkylation sites (tertiary alicyclic amines) is 1. The van der Waals surface area contributed by atoms with Crippen molar-refractivity contribution in [3.05, 3.63) is 74.1 Å². The van der Waals surface area contributed by atoms with Gasteiger partial charge < -0.3 is 5.32 Å². The number of nitrogens with one attached hydrogen (secondary N) is 3. The fraction of sp³-hybridized carbons (Fsp3) is 0.300. The standard InChI is InChI=1S/C20H21N5O3/c26-18(15-9-16-17(21-11-15)23-20(28)24-19(16)27)22-10-13-3-5-14(6-4-13)12-25-7-1-2-8-25/h3-6,9,11H,1-2,7-8,10,12H2,(H,22,26)(H2,21,23,24,27,28). The van der Waals surface area contributed by atoms with Crippen LogP contribution < -0.4 is 16.6 Å². The Morgan fingerprint density at radius 1 is 1.07 bits per heavy atom. The van der Waals surface area contributed by atoms with E-state index in [1.54, 1.807) is 0 Å². The van der Waals surface area contributed by atoms with Crippen molar-refractivity contribution in [1.29, 1.82) is 0 Å². The molecule has 1 amide bonds. The molecular weight excluding hydrogens is 358 g/mol. The van der Waals surface area contributed by atoms with E-state index >= 15 is 0 Å². The Morgan fingerprint density at radius 3 is 2.54 bits per heavy atom. The van der Waals surface area contributed by atoms with Gasteiger partial charge in [-0.15, -0.1) is 0 Å². The van der Waals surface area contributed by atoms with Gasteiger partial charge in [0.1, 0.15) is 5.65 Å². The molecule has 1 fully saturated rings. The molecule has 0 radical (unpaired) electrons. The molecule has 8 heteroatoms. The van der Waals surface area contributed by atoms with Gasteiger partial charge >= 0.3 is 5.69 Å². The van der Waals surface area contributed by atoms with Gasteiger partial charge in [0.15, 0.2) is 0 Å². The highest BCUT2D eigenvalue weighted by Gasteiger charge is 2.12. The molecule has 0 bridgehead atoms. The summed E-state index contributed by atoms with van der Waals surface area (Å²) in [7, 11) is 0. The summed E-state index contributed by atoms with van der Waals surface area (Å²) in [4.78, 5) is 46.5. The van der Waals surface area contributed by atoms with Gasteiger partial charge in [0.2, 0.25) is 0 Å². The number of carbonyl (C=O) groups is 1. The number of amides is 1. The van der Waals surface area contributed by atoms with Crippen LogP contribution in [0.5, 0.6) is 0 Å². The third-order valence-electron chi connectivity index (χ3n) is 4.93. The number of rotatable bonds is 5. The molecule has 3 heterocycles. The maximum atomic E-state index is 12.4. The summed E-state index contributed by atoms with van der Waals surface area (Å²) in [5.41, 5.74) is 1.47. The molecule has 0 atom stereocenters. The molecule has 8 nitrogen and oxygen atoms in total. The van der Waals surface area contributed by atoms with E-state index in [2.05, 4.69) is 37.3 Å². The van der Waals surface area contributed by atoms with Gasteiger partial charge in [-0.25, -0.2) is 9.78 Å². The van der Waals surface area contributed by atoms with Crippen LogP contribution in [0, 0.1) is 0 Å². The molecule has 0 spiro atoms. The van der Waals surface area contributed by atoms with Crippen molar-refractivity contribution < 1.29 is 4.79 Å². The lowest BCUT2D eigenvalue weighted by molar-refractivity contribution is 0.0950. The Hall–Kier alpha value is -3.26. The molecule has 1 aliphatic rings. The SMILES string of the molecule is O=C(NCc1ccc(CN2CCCC2)cc1)c1cnc2[nH]c(=O)[nH]c(=O)c2c1. The number of hydrogen-bond donors (Lipinski definition) is 3. The molecule has 3 N–H and O–H groups in total. The summed E-state index contributed by atoms with van der Waals surface area (Å²) >= 11 is 0. The Bertz CT molecular complexity index is 1110. The van der Waals surface area contributed by atoms with Crippen molar-refractivity contribution in [3.63, 3.8) is 0 Å². The number of carbonyl (C=O) groups excluding carboxylic acids is 1. The Balaban J connectivity index is 1.40. The zero-order valence-electron chi connectivity index (χ0n) is 15.3. The Kier molecular flexibility index (Phi) is 5.03. The maximum absolute atomic E-state index is 12.4. The number of aromatic nitrogens is 3. The van der Waals surface area contributed by atoms with E-state index in [9.17, 15) is 14.4 Å². The summed E-state index contributed by atoms with van der Waals surface area (Å²) in [6.07, 6.45) is 3.89. The van der Waals surface area contributed by atoms with Gasteiger partial charge in [0.05, 0.1) is 10.9 Å². The molecule has 2 aromatic heterocycles. The van der Waals surface area contributed by atoms with Gasteiger partial charge in [-0.2, -0.15) is 0 Å². The highest BCUT2D eigenvalue weighted by atomic mass is 16.2. The largest absolute Gasteiger partial charge is 0.348 e. The molecule has 0 saturated carbocycles. The number of benzene rings is 1. The average Bonchev–Trinajstić information content (AvgIpc) is 3.20. The van der Waals surface area contributed by atoms with Crippen molar-refractivity contribution in [2.45, 2.75) is 25.9 Å². The fourth-order valence-corrected chi connectivity index (χ4v) is 3.42. The van der Waals surface area contributed by atoms with Crippen LogP contribution in [0.15, 0.2) is 46.1 Å². The Labute approximate surface area is 160 Å². The molecule has 3 aromatic rings. The number of pyridine rings is 1. The van der Waals surface area contributed by atoms with E-state index in [4.69, 9.17) is 0 Å². The number of fused-ring (bicyclic) bond motifs is 1. The maximum Gasteiger partial charge on any atom is 0.327 e. The molecule has 1 aromatic carbocycles. The quantitative estimate of drug-likeness (QED) is 0.616. The fourth-order valence-electron chi connectivity index (χ4n) is 3.42. The first kappa shape index (κ1) is 18.1. The van der Waals surface area contributed by atoms with E-state index in [0.717, 1.165) is 25.2 Å². The summed E-state index contributed by atoms with van der Waals surface area (Å²) < 4.78 is 0. The monoisotopic (exact) mass is 379 g/mol. The van der Waals surface area contributed by atoms with E-state index in [1.165, 1.54) is 30.7 Å². The summed E-state index contributed by atoms with van der Waals surface area (Å²) in [6.45, 7) is 3.66. The summed E-state index contributed by atoms with van der Waals surface area (Å²) in [5.74, 6) is -0.332. The predicted octanol–water partition coefficient (Wildman–Crippen LogP) is 1.14. The van der Waals surface area contributed by atoms with Crippen molar-refractivity contribution in [3.8, 4) is 0 Å². The number of nitrogens with zero attached hydrogens (tertiary/aromatic N) is 2. The summed E-state index contributed by atoms with van der Waals surface area (Å²) in [5, 5.41) is 3.00. The first-order chi connectivity index (χ1) is 13.6. The third kappa shape index (κ3) is 4.01. The molecule has 0 unspecified atom stereocenters. The van der Waals surface area contributed by atoms with Crippen LogP contribution in [0.2, 0.25) is 0 Å². The minimum absolute atomic E-state index is 0.152. The van der Waals surface area contributed by atoms with Crippen LogP contribution in [0.25, 0.3) is 11.0 Å². The lowest BCUT2D eigenvalue weighted by Gasteiger charge is -2.14. The minimum atomic E-state index is -0.629. The van der Waals surface area contributed by atoms with E-state index < -0.39 is 11.2 Å². The third-order valence-corrected chi connectivity index (χ3v) is 4.93. The van der Waals surface area contributed by atoms with Crippen LogP contribution in [0.3, 0.4) is 0 Å². The van der Waals surface area contributed by atoms with Crippen LogP contribution in [-0.2, 0) is 13.1 Å². The van der Waals surface area contributed by atoms with Gasteiger partial charge in [0, 0.05) is 19.3 Å². The van der Waals surface area contributed by atoms with Crippen molar-refractivity contribution in [2.24, 2.45) is 0 Å². The van der Waals surface area contributed by atoms with Crippen LogP contribution in [0.4, 0.5) is 0 Å². The second-order valence-electron chi connectivity index (χ2n) is 7.01. The molecule has 28 heavy (non-hydrogen) atoms. The van der Waals surface area contributed by atoms with Gasteiger partial charge in [0.25, 0.3) is 11.5 Å². The first-order valence-corrected chi connectivity index (χ1v) is 9.29. The highest BCUT2D eigenvalue weighted by molar-refractivity contribution is 5.96. The molecule has 1 saturated heterocycles. The Morgan fingerprint density at radius 2 is 1.79 bits per heavy atom. The predicted molar refractivity (Wildman–Crippen MR) is 105 cm³/mol. The highest BCUT2D eigenvalue weighted by Crippen LogP contribution is 2.13. The van der Waals surface area contributed by atoms with Crippen LogP contribution in [0.1, 0.15) is 34.3 Å². The van der Waals surface area contributed by atoms with Gasteiger partial charge in [-0.3, -0.25) is 24.5 Å². The van der Waals surface area contributed by atoms with Gasteiger partial charge in [-0.05, 0) is 43.1 Å². The first-order valence-electron chi connectivity index (χ1n) is 9.29.